The van der Waals surface area contributed by atoms with Gasteiger partial charge in [-0.2, -0.15) is 0 Å². The molecule has 2 saturated carbocycles. The van der Waals surface area contributed by atoms with Gasteiger partial charge in [0.1, 0.15) is 5.75 Å². The molecule has 0 aromatic heterocycles. The number of hydrogen-bond acceptors (Lipinski definition) is 4. The van der Waals surface area contributed by atoms with Crippen molar-refractivity contribution >= 4 is 6.03 Å². The number of methoxy groups -OCH3 is 1. The van der Waals surface area contributed by atoms with Crippen LogP contribution in [0.4, 0.5) is 4.79 Å². The molecule has 0 unspecified atom stereocenters. The van der Waals surface area contributed by atoms with E-state index in [2.05, 4.69) is 64.2 Å². The Balaban J connectivity index is 1.39. The zero-order valence-corrected chi connectivity index (χ0v) is 21.9. The van der Waals surface area contributed by atoms with Gasteiger partial charge in [-0.1, -0.05) is 48.9 Å². The Labute approximate surface area is 215 Å². The standard InChI is InChI=1S/C30H41N3O3/c1-31(19-20-34)30(26-9-4-3-5-10-26)17-15-29(16-18-30)23-32(21-25-11-13-27(36-2)14-12-25)28(35)33(29)22-24-7-6-8-24/h3-5,9-14,24,34H,6-8,15-23H2,1-2H3. The number of rotatable bonds is 9. The van der Waals surface area contributed by atoms with Crippen LogP contribution in [0.5, 0.6) is 5.75 Å². The van der Waals surface area contributed by atoms with Crippen LogP contribution in [0.15, 0.2) is 54.6 Å². The lowest BCUT2D eigenvalue weighted by atomic mass is 9.67. The summed E-state index contributed by atoms with van der Waals surface area (Å²) in [4.78, 5) is 20.5. The molecule has 2 aromatic rings. The largest absolute Gasteiger partial charge is 0.497 e. The predicted octanol–water partition coefficient (Wildman–Crippen LogP) is 4.87. The van der Waals surface area contributed by atoms with Crippen molar-refractivity contribution < 1.29 is 14.6 Å². The van der Waals surface area contributed by atoms with Gasteiger partial charge in [-0.3, -0.25) is 4.90 Å². The number of likely N-dealkylation sites (N-methyl/N-ethyl adjacent to an activating group) is 1. The van der Waals surface area contributed by atoms with E-state index in [-0.39, 0.29) is 23.7 Å². The van der Waals surface area contributed by atoms with E-state index in [1.165, 1.54) is 24.8 Å². The van der Waals surface area contributed by atoms with Crippen molar-refractivity contribution in [2.75, 3.05) is 40.4 Å². The Morgan fingerprint density at radius 2 is 1.72 bits per heavy atom. The minimum absolute atomic E-state index is 0.107. The zero-order valence-electron chi connectivity index (χ0n) is 21.9. The third kappa shape index (κ3) is 4.61. The van der Waals surface area contributed by atoms with Crippen molar-refractivity contribution in [1.29, 1.82) is 0 Å². The van der Waals surface area contributed by atoms with Crippen LogP contribution >= 0.6 is 0 Å². The van der Waals surface area contributed by atoms with Crippen LogP contribution in [0.3, 0.4) is 0 Å². The van der Waals surface area contributed by atoms with E-state index < -0.39 is 0 Å². The molecule has 5 rings (SSSR count). The summed E-state index contributed by atoms with van der Waals surface area (Å²) in [7, 11) is 3.82. The maximum atomic E-state index is 13.8. The maximum absolute atomic E-state index is 13.8. The summed E-state index contributed by atoms with van der Waals surface area (Å²) >= 11 is 0. The quantitative estimate of drug-likeness (QED) is 0.544. The first-order valence-corrected chi connectivity index (χ1v) is 13.6. The van der Waals surface area contributed by atoms with E-state index >= 15 is 0 Å². The molecule has 6 heteroatoms. The summed E-state index contributed by atoms with van der Waals surface area (Å²) < 4.78 is 5.31. The molecule has 1 spiro atoms. The Morgan fingerprint density at radius 1 is 1.03 bits per heavy atom. The van der Waals surface area contributed by atoms with Gasteiger partial charge in [-0.25, -0.2) is 4.79 Å². The molecule has 2 aliphatic carbocycles. The lowest BCUT2D eigenvalue weighted by Gasteiger charge is -2.52. The third-order valence-electron chi connectivity index (χ3n) is 9.24. The maximum Gasteiger partial charge on any atom is 0.320 e. The number of benzene rings is 2. The first-order chi connectivity index (χ1) is 17.5. The summed E-state index contributed by atoms with van der Waals surface area (Å²) in [5.41, 5.74) is 2.24. The van der Waals surface area contributed by atoms with Crippen LogP contribution in [-0.2, 0) is 12.1 Å². The van der Waals surface area contributed by atoms with Gasteiger partial charge in [0.15, 0.2) is 0 Å². The number of carbonyl (C=O) groups is 1. The smallest absolute Gasteiger partial charge is 0.320 e. The monoisotopic (exact) mass is 491 g/mol. The second kappa shape index (κ2) is 10.4. The molecule has 0 atom stereocenters. The van der Waals surface area contributed by atoms with E-state index in [0.29, 0.717) is 19.0 Å². The van der Waals surface area contributed by atoms with Crippen molar-refractivity contribution in [1.82, 2.24) is 14.7 Å². The van der Waals surface area contributed by atoms with Crippen LogP contribution in [0.2, 0.25) is 0 Å². The zero-order chi connectivity index (χ0) is 25.2. The lowest BCUT2D eigenvalue weighted by molar-refractivity contribution is -0.00118. The molecule has 0 radical (unpaired) electrons. The Morgan fingerprint density at radius 3 is 2.31 bits per heavy atom. The van der Waals surface area contributed by atoms with E-state index in [9.17, 15) is 9.90 Å². The topological polar surface area (TPSA) is 56.2 Å². The number of carbonyl (C=O) groups excluding carboxylic acids is 1. The highest BCUT2D eigenvalue weighted by Crippen LogP contribution is 2.50. The van der Waals surface area contributed by atoms with E-state index in [1.807, 2.05) is 12.1 Å². The molecule has 1 heterocycles. The van der Waals surface area contributed by atoms with E-state index in [4.69, 9.17) is 4.74 Å². The third-order valence-corrected chi connectivity index (χ3v) is 9.24. The van der Waals surface area contributed by atoms with Crippen molar-refractivity contribution in [3.8, 4) is 5.75 Å². The molecule has 1 aliphatic heterocycles. The normalized spacial score (nSPS) is 26.6. The first kappa shape index (κ1) is 25.1. The number of urea groups is 1. The average molecular weight is 492 g/mol. The van der Waals surface area contributed by atoms with Gasteiger partial charge in [0.25, 0.3) is 0 Å². The fourth-order valence-corrected chi connectivity index (χ4v) is 6.72. The SMILES string of the molecule is COc1ccc(CN2CC3(CCC(c4ccccc4)(N(C)CCO)CC3)N(CC3CCC3)C2=O)cc1. The Bertz CT molecular complexity index is 1010. The molecule has 3 aliphatic rings. The Kier molecular flexibility index (Phi) is 7.27. The summed E-state index contributed by atoms with van der Waals surface area (Å²) in [5.74, 6) is 1.48. The highest BCUT2D eigenvalue weighted by atomic mass is 16.5. The first-order valence-electron chi connectivity index (χ1n) is 13.6. The van der Waals surface area contributed by atoms with Gasteiger partial charge >= 0.3 is 6.03 Å². The molecular formula is C30H41N3O3. The summed E-state index contributed by atoms with van der Waals surface area (Å²) in [6, 6.07) is 19.1. The molecule has 1 saturated heterocycles. The highest BCUT2D eigenvalue weighted by Gasteiger charge is 2.55. The molecule has 2 aromatic carbocycles. The number of hydrogen-bond donors (Lipinski definition) is 1. The van der Waals surface area contributed by atoms with Gasteiger partial charge in [0, 0.05) is 31.7 Å². The summed E-state index contributed by atoms with van der Waals surface area (Å²) in [5, 5.41) is 9.74. The number of aliphatic hydroxyl groups excluding tert-OH is 1. The summed E-state index contributed by atoms with van der Waals surface area (Å²) in [6.45, 7) is 3.12. The summed E-state index contributed by atoms with van der Waals surface area (Å²) in [6.07, 6.45) is 7.70. The van der Waals surface area contributed by atoms with Gasteiger partial charge in [0.2, 0.25) is 0 Å². The van der Waals surface area contributed by atoms with E-state index in [1.54, 1.807) is 7.11 Å². The molecular weight excluding hydrogens is 450 g/mol. The van der Waals surface area contributed by atoms with E-state index in [0.717, 1.165) is 50.1 Å². The van der Waals surface area contributed by atoms with Crippen LogP contribution in [0, 0.1) is 5.92 Å². The van der Waals surface area contributed by atoms with Gasteiger partial charge in [-0.15, -0.1) is 0 Å². The van der Waals surface area contributed by atoms with Crippen LogP contribution in [-0.4, -0.2) is 71.8 Å². The number of aliphatic hydroxyl groups is 1. The number of amides is 2. The van der Waals surface area contributed by atoms with Crippen LogP contribution in [0.25, 0.3) is 0 Å². The minimum atomic E-state index is -0.114. The van der Waals surface area contributed by atoms with Crippen molar-refractivity contribution in [2.45, 2.75) is 62.6 Å². The van der Waals surface area contributed by atoms with Crippen molar-refractivity contribution in [3.05, 3.63) is 65.7 Å². The van der Waals surface area contributed by atoms with Crippen molar-refractivity contribution in [2.24, 2.45) is 5.92 Å². The highest BCUT2D eigenvalue weighted by molar-refractivity contribution is 5.78. The van der Waals surface area contributed by atoms with Gasteiger partial charge in [-0.05, 0) is 74.8 Å². The predicted molar refractivity (Wildman–Crippen MR) is 142 cm³/mol. The van der Waals surface area contributed by atoms with Crippen LogP contribution < -0.4 is 4.74 Å². The molecule has 2 amide bonds. The molecule has 36 heavy (non-hydrogen) atoms. The van der Waals surface area contributed by atoms with Crippen molar-refractivity contribution in [3.63, 3.8) is 0 Å². The lowest BCUT2D eigenvalue weighted by Crippen LogP contribution is -2.57. The fourth-order valence-electron chi connectivity index (χ4n) is 6.72. The molecule has 194 valence electrons. The van der Waals surface area contributed by atoms with Gasteiger partial charge in [0.05, 0.1) is 19.3 Å². The fraction of sp³-hybridized carbons (Fsp3) is 0.567. The molecule has 1 N–H and O–H groups in total. The Hall–Kier alpha value is -2.57. The van der Waals surface area contributed by atoms with Crippen LogP contribution in [0.1, 0.15) is 56.1 Å². The number of ether oxygens (including phenoxy) is 1. The minimum Gasteiger partial charge on any atom is -0.497 e. The molecule has 3 fully saturated rings. The average Bonchev–Trinajstić information content (AvgIpc) is 3.13. The second-order valence-corrected chi connectivity index (χ2v) is 11.2. The molecule has 6 nitrogen and oxygen atoms in total. The second-order valence-electron chi connectivity index (χ2n) is 11.2. The molecule has 0 bridgehead atoms. The van der Waals surface area contributed by atoms with Gasteiger partial charge < -0.3 is 19.6 Å². The number of nitrogens with zero attached hydrogens (tertiary/aromatic N) is 3.